The molecule has 2 aromatic rings. The van der Waals surface area contributed by atoms with Crippen LogP contribution in [0.2, 0.25) is 0 Å². The summed E-state index contributed by atoms with van der Waals surface area (Å²) in [5.74, 6) is 0.924. The van der Waals surface area contributed by atoms with Crippen molar-refractivity contribution in [3.05, 3.63) is 71.5 Å². The maximum Gasteiger partial charge on any atom is 0.123 e. The lowest BCUT2D eigenvalue weighted by atomic mass is 10.0. The third-order valence-corrected chi connectivity index (χ3v) is 2.98. The van der Waals surface area contributed by atoms with Crippen molar-refractivity contribution < 1.29 is 4.39 Å². The Morgan fingerprint density at radius 2 is 1.21 bits per heavy atom. The van der Waals surface area contributed by atoms with E-state index in [-0.39, 0.29) is 5.82 Å². The van der Waals surface area contributed by atoms with Crippen LogP contribution in [0.15, 0.2) is 54.6 Å². The van der Waals surface area contributed by atoms with Crippen molar-refractivity contribution in [2.45, 2.75) is 39.5 Å². The smallest absolute Gasteiger partial charge is 0.123 e. The van der Waals surface area contributed by atoms with Crippen LogP contribution in [0.3, 0.4) is 0 Å². The topological polar surface area (TPSA) is 0 Å². The van der Waals surface area contributed by atoms with Gasteiger partial charge in [0, 0.05) is 0 Å². The summed E-state index contributed by atoms with van der Waals surface area (Å²) in [7, 11) is 0. The van der Waals surface area contributed by atoms with Crippen molar-refractivity contribution in [1.82, 2.24) is 0 Å². The van der Waals surface area contributed by atoms with Gasteiger partial charge in [-0.3, -0.25) is 0 Å². The molecule has 0 saturated heterocycles. The van der Waals surface area contributed by atoms with Crippen LogP contribution in [0.25, 0.3) is 0 Å². The van der Waals surface area contributed by atoms with Gasteiger partial charge in [-0.25, -0.2) is 4.39 Å². The van der Waals surface area contributed by atoms with Crippen LogP contribution in [0.5, 0.6) is 0 Å². The Balaban J connectivity index is 0.000000191. The van der Waals surface area contributed by atoms with Gasteiger partial charge in [0.05, 0.1) is 0 Å². The summed E-state index contributed by atoms with van der Waals surface area (Å²) in [6.07, 6.45) is 0. The molecule has 0 nitrogen and oxygen atoms in total. The van der Waals surface area contributed by atoms with E-state index >= 15 is 0 Å². The van der Waals surface area contributed by atoms with Gasteiger partial charge in [0.2, 0.25) is 0 Å². The van der Waals surface area contributed by atoms with Gasteiger partial charge < -0.3 is 0 Å². The van der Waals surface area contributed by atoms with Gasteiger partial charge in [-0.1, -0.05) is 70.2 Å². The van der Waals surface area contributed by atoms with Crippen LogP contribution in [0, 0.1) is 5.82 Å². The van der Waals surface area contributed by atoms with E-state index in [2.05, 4.69) is 52.0 Å². The Hall–Kier alpha value is -1.63. The van der Waals surface area contributed by atoms with Gasteiger partial charge in [-0.15, -0.1) is 0 Å². The molecule has 0 heterocycles. The maximum atomic E-state index is 12.5. The number of hydrogen-bond donors (Lipinski definition) is 0. The van der Waals surface area contributed by atoms with Crippen LogP contribution in [-0.2, 0) is 0 Å². The lowest BCUT2D eigenvalue weighted by Crippen LogP contribution is -1.86. The molecule has 0 atom stereocenters. The first kappa shape index (κ1) is 15.4. The summed E-state index contributed by atoms with van der Waals surface area (Å²) in [4.78, 5) is 0. The van der Waals surface area contributed by atoms with Gasteiger partial charge in [-0.05, 0) is 35.1 Å². The van der Waals surface area contributed by atoms with Crippen molar-refractivity contribution in [1.29, 1.82) is 0 Å². The van der Waals surface area contributed by atoms with E-state index in [0.29, 0.717) is 11.8 Å². The van der Waals surface area contributed by atoms with Crippen molar-refractivity contribution >= 4 is 0 Å². The fraction of sp³-hybridized carbons (Fsp3) is 0.333. The molecule has 0 fully saturated rings. The largest absolute Gasteiger partial charge is 0.207 e. The monoisotopic (exact) mass is 258 g/mol. The second-order valence-electron chi connectivity index (χ2n) is 5.28. The molecule has 1 heteroatoms. The molecule has 0 radical (unpaired) electrons. The van der Waals surface area contributed by atoms with E-state index in [9.17, 15) is 4.39 Å². The zero-order valence-electron chi connectivity index (χ0n) is 12.2. The molecular formula is C18H23F. The average Bonchev–Trinajstić information content (AvgIpc) is 2.40. The maximum absolute atomic E-state index is 12.5. The summed E-state index contributed by atoms with van der Waals surface area (Å²) in [6.45, 7) is 8.51. The van der Waals surface area contributed by atoms with Crippen LogP contribution in [0.4, 0.5) is 4.39 Å². The Labute approximate surface area is 116 Å². The second-order valence-corrected chi connectivity index (χ2v) is 5.28. The summed E-state index contributed by atoms with van der Waals surface area (Å²) >= 11 is 0. The molecule has 0 unspecified atom stereocenters. The van der Waals surface area contributed by atoms with Crippen molar-refractivity contribution in [2.75, 3.05) is 0 Å². The Kier molecular flexibility index (Phi) is 6.27. The molecule has 0 bridgehead atoms. The van der Waals surface area contributed by atoms with Crippen LogP contribution in [0.1, 0.15) is 50.7 Å². The molecular weight excluding hydrogens is 235 g/mol. The molecule has 0 amide bonds. The molecule has 19 heavy (non-hydrogen) atoms. The Morgan fingerprint density at radius 1 is 0.684 bits per heavy atom. The van der Waals surface area contributed by atoms with Gasteiger partial charge in [0.25, 0.3) is 0 Å². The molecule has 0 N–H and O–H groups in total. The molecule has 0 spiro atoms. The zero-order valence-corrected chi connectivity index (χ0v) is 12.2. The number of hydrogen-bond acceptors (Lipinski definition) is 0. The predicted molar refractivity (Wildman–Crippen MR) is 81.0 cm³/mol. The third-order valence-electron chi connectivity index (χ3n) is 2.98. The molecule has 0 aliphatic rings. The highest BCUT2D eigenvalue weighted by atomic mass is 19.1. The quantitative estimate of drug-likeness (QED) is 0.642. The fourth-order valence-electron chi connectivity index (χ4n) is 1.70. The first-order chi connectivity index (χ1) is 9.00. The lowest BCUT2D eigenvalue weighted by Gasteiger charge is -2.02. The lowest BCUT2D eigenvalue weighted by molar-refractivity contribution is 0.623. The third kappa shape index (κ3) is 5.69. The average molecular weight is 258 g/mol. The SMILES string of the molecule is CC(C)c1cccc(F)c1.CC(C)c1ccccc1. The van der Waals surface area contributed by atoms with Crippen molar-refractivity contribution in [2.24, 2.45) is 0 Å². The minimum Gasteiger partial charge on any atom is -0.207 e. The minimum absolute atomic E-state index is 0.147. The highest BCUT2D eigenvalue weighted by Crippen LogP contribution is 2.14. The van der Waals surface area contributed by atoms with Crippen molar-refractivity contribution in [3.8, 4) is 0 Å². The van der Waals surface area contributed by atoms with Crippen LogP contribution < -0.4 is 0 Å². The highest BCUT2D eigenvalue weighted by molar-refractivity contribution is 5.19. The first-order valence-corrected chi connectivity index (χ1v) is 6.81. The summed E-state index contributed by atoms with van der Waals surface area (Å²) < 4.78 is 12.5. The standard InChI is InChI=1S/C9H11F.C9H12/c1-7(2)8-4-3-5-9(10)6-8;1-8(2)9-6-4-3-5-7-9/h3-7H,1-2H3;3-8H,1-2H3. The normalized spacial score (nSPS) is 10.3. The number of rotatable bonds is 2. The van der Waals surface area contributed by atoms with E-state index in [4.69, 9.17) is 0 Å². The summed E-state index contributed by atoms with van der Waals surface area (Å²) in [5.41, 5.74) is 2.47. The van der Waals surface area contributed by atoms with Gasteiger partial charge in [-0.2, -0.15) is 0 Å². The number of benzene rings is 2. The molecule has 0 aliphatic carbocycles. The van der Waals surface area contributed by atoms with Gasteiger partial charge in [0.15, 0.2) is 0 Å². The van der Waals surface area contributed by atoms with E-state index in [1.807, 2.05) is 12.1 Å². The Morgan fingerprint density at radius 3 is 1.58 bits per heavy atom. The molecule has 102 valence electrons. The van der Waals surface area contributed by atoms with Crippen LogP contribution in [-0.4, -0.2) is 0 Å². The number of halogens is 1. The van der Waals surface area contributed by atoms with Gasteiger partial charge in [0.1, 0.15) is 5.82 Å². The minimum atomic E-state index is -0.147. The zero-order chi connectivity index (χ0) is 14.3. The van der Waals surface area contributed by atoms with E-state index in [1.54, 1.807) is 12.1 Å². The Bertz CT molecular complexity index is 472. The van der Waals surface area contributed by atoms with E-state index < -0.39 is 0 Å². The second kappa shape index (κ2) is 7.73. The van der Waals surface area contributed by atoms with E-state index in [1.165, 1.54) is 11.6 Å². The van der Waals surface area contributed by atoms with E-state index in [0.717, 1.165) is 5.56 Å². The summed E-state index contributed by atoms with van der Waals surface area (Å²) in [6, 6.07) is 17.2. The molecule has 0 aliphatic heterocycles. The molecule has 2 aromatic carbocycles. The highest BCUT2D eigenvalue weighted by Gasteiger charge is 1.98. The fourth-order valence-corrected chi connectivity index (χ4v) is 1.70. The molecule has 2 rings (SSSR count). The van der Waals surface area contributed by atoms with Crippen LogP contribution >= 0.6 is 0 Å². The van der Waals surface area contributed by atoms with Gasteiger partial charge >= 0.3 is 0 Å². The van der Waals surface area contributed by atoms with Crippen molar-refractivity contribution in [3.63, 3.8) is 0 Å². The summed E-state index contributed by atoms with van der Waals surface area (Å²) in [5, 5.41) is 0. The first-order valence-electron chi connectivity index (χ1n) is 6.81. The molecule has 0 saturated carbocycles. The predicted octanol–water partition coefficient (Wildman–Crippen LogP) is 5.76. The molecule has 0 aromatic heterocycles.